The zero-order valence-electron chi connectivity index (χ0n) is 15.0. The lowest BCUT2D eigenvalue weighted by Gasteiger charge is -2.12. The Hall–Kier alpha value is -2.98. The molecule has 0 saturated carbocycles. The van der Waals surface area contributed by atoms with Crippen LogP contribution in [0.3, 0.4) is 0 Å². The SMILES string of the molecule is CSc1ncc(Cl)c(C(=O)Nc2ccc(NC(=O)[C@H](C)n3cncn3)cc2)n1. The number of aromatic nitrogens is 5. The molecule has 3 aromatic rings. The first-order valence-electron chi connectivity index (χ1n) is 8.11. The Bertz CT molecular complexity index is 980. The number of carbonyl (C=O) groups is 2. The highest BCUT2D eigenvalue weighted by molar-refractivity contribution is 7.98. The van der Waals surface area contributed by atoms with Crippen LogP contribution in [0, 0.1) is 0 Å². The molecule has 144 valence electrons. The molecule has 0 aliphatic heterocycles. The van der Waals surface area contributed by atoms with Crippen molar-refractivity contribution in [3.8, 4) is 0 Å². The highest BCUT2D eigenvalue weighted by Crippen LogP contribution is 2.20. The van der Waals surface area contributed by atoms with Gasteiger partial charge < -0.3 is 10.6 Å². The number of hydrogen-bond acceptors (Lipinski definition) is 7. The second-order valence-electron chi connectivity index (χ2n) is 5.63. The number of thioether (sulfide) groups is 1. The van der Waals surface area contributed by atoms with Crippen molar-refractivity contribution in [3.05, 3.63) is 53.8 Å². The van der Waals surface area contributed by atoms with Crippen molar-refractivity contribution in [2.45, 2.75) is 18.1 Å². The first-order valence-corrected chi connectivity index (χ1v) is 9.71. The van der Waals surface area contributed by atoms with Gasteiger partial charge in [-0.3, -0.25) is 9.59 Å². The van der Waals surface area contributed by atoms with Crippen LogP contribution >= 0.6 is 23.4 Å². The normalized spacial score (nSPS) is 11.7. The molecular weight excluding hydrogens is 402 g/mol. The molecule has 2 aromatic heterocycles. The minimum Gasteiger partial charge on any atom is -0.324 e. The number of anilines is 2. The van der Waals surface area contributed by atoms with Gasteiger partial charge in [0.25, 0.3) is 5.91 Å². The smallest absolute Gasteiger partial charge is 0.275 e. The van der Waals surface area contributed by atoms with Crippen molar-refractivity contribution < 1.29 is 9.59 Å². The Labute approximate surface area is 169 Å². The molecule has 2 amide bonds. The van der Waals surface area contributed by atoms with E-state index in [9.17, 15) is 9.59 Å². The van der Waals surface area contributed by atoms with Gasteiger partial charge in [0.2, 0.25) is 5.91 Å². The minimum absolute atomic E-state index is 0.0973. The molecular formula is C17H16ClN7O2S. The molecule has 0 spiro atoms. The fraction of sp³-hybridized carbons (Fsp3) is 0.176. The number of amides is 2. The zero-order valence-corrected chi connectivity index (χ0v) is 16.5. The maximum atomic E-state index is 12.4. The first kappa shape index (κ1) is 19.8. The molecule has 0 aliphatic rings. The monoisotopic (exact) mass is 417 g/mol. The fourth-order valence-corrected chi connectivity index (χ4v) is 2.74. The van der Waals surface area contributed by atoms with Crippen LogP contribution in [0.15, 0.2) is 48.3 Å². The van der Waals surface area contributed by atoms with Gasteiger partial charge in [0.15, 0.2) is 10.9 Å². The number of nitrogens with zero attached hydrogens (tertiary/aromatic N) is 5. The van der Waals surface area contributed by atoms with Crippen molar-refractivity contribution >= 4 is 46.6 Å². The lowest BCUT2D eigenvalue weighted by atomic mass is 10.2. The van der Waals surface area contributed by atoms with E-state index in [2.05, 4.69) is 30.7 Å². The summed E-state index contributed by atoms with van der Waals surface area (Å²) in [7, 11) is 0. The average Bonchev–Trinajstić information content (AvgIpc) is 3.24. The van der Waals surface area contributed by atoms with Gasteiger partial charge >= 0.3 is 0 Å². The third-order valence-electron chi connectivity index (χ3n) is 3.74. The Kier molecular flexibility index (Phi) is 6.22. The topological polar surface area (TPSA) is 115 Å². The lowest BCUT2D eigenvalue weighted by molar-refractivity contribution is -0.119. The summed E-state index contributed by atoms with van der Waals surface area (Å²) in [5.74, 6) is -0.682. The van der Waals surface area contributed by atoms with E-state index in [4.69, 9.17) is 11.6 Å². The molecule has 0 saturated heterocycles. The highest BCUT2D eigenvalue weighted by Gasteiger charge is 2.16. The largest absolute Gasteiger partial charge is 0.324 e. The van der Waals surface area contributed by atoms with Crippen molar-refractivity contribution in [1.29, 1.82) is 0 Å². The number of nitrogens with one attached hydrogen (secondary N) is 2. The van der Waals surface area contributed by atoms with Crippen molar-refractivity contribution in [2.24, 2.45) is 0 Å². The van der Waals surface area contributed by atoms with E-state index in [1.54, 1.807) is 31.2 Å². The molecule has 2 N–H and O–H groups in total. The quantitative estimate of drug-likeness (QED) is 0.468. The second kappa shape index (κ2) is 8.81. The number of benzene rings is 1. The van der Waals surface area contributed by atoms with Gasteiger partial charge in [-0.15, -0.1) is 0 Å². The molecule has 0 fully saturated rings. The fourth-order valence-electron chi connectivity index (χ4n) is 2.22. The van der Waals surface area contributed by atoms with Gasteiger partial charge in [0.05, 0.1) is 11.2 Å². The van der Waals surface area contributed by atoms with E-state index < -0.39 is 11.9 Å². The number of halogens is 1. The van der Waals surface area contributed by atoms with Gasteiger partial charge in [-0.05, 0) is 37.4 Å². The second-order valence-corrected chi connectivity index (χ2v) is 6.81. The number of carbonyl (C=O) groups excluding carboxylic acids is 2. The standard InChI is InChI=1S/C17H16ClN7O2S/c1-10(25-9-19-8-21-25)15(26)22-11-3-5-12(6-4-11)23-16(27)14-13(18)7-20-17(24-14)28-2/h3-10H,1-2H3,(H,22,26)(H,23,27)/t10-/m0/s1. The summed E-state index contributed by atoms with van der Waals surface area (Å²) < 4.78 is 1.46. The molecule has 1 atom stereocenters. The van der Waals surface area contributed by atoms with Crippen LogP contribution in [0.4, 0.5) is 11.4 Å². The van der Waals surface area contributed by atoms with Crippen LogP contribution in [-0.4, -0.2) is 42.8 Å². The maximum absolute atomic E-state index is 12.4. The molecule has 28 heavy (non-hydrogen) atoms. The van der Waals surface area contributed by atoms with E-state index >= 15 is 0 Å². The van der Waals surface area contributed by atoms with Crippen LogP contribution in [-0.2, 0) is 4.79 Å². The van der Waals surface area contributed by atoms with E-state index in [-0.39, 0.29) is 16.6 Å². The van der Waals surface area contributed by atoms with E-state index in [1.165, 1.54) is 35.3 Å². The molecule has 0 bridgehead atoms. The average molecular weight is 418 g/mol. The summed E-state index contributed by atoms with van der Waals surface area (Å²) >= 11 is 7.33. The Morgan fingerprint density at radius 1 is 1.18 bits per heavy atom. The number of hydrogen-bond donors (Lipinski definition) is 2. The van der Waals surface area contributed by atoms with Gasteiger partial charge in [-0.1, -0.05) is 23.4 Å². The van der Waals surface area contributed by atoms with Gasteiger partial charge in [-0.2, -0.15) is 5.10 Å². The van der Waals surface area contributed by atoms with E-state index in [1.807, 2.05) is 6.26 Å². The van der Waals surface area contributed by atoms with Gasteiger partial charge in [-0.25, -0.2) is 19.6 Å². The number of rotatable bonds is 6. The third-order valence-corrected chi connectivity index (χ3v) is 4.58. The third kappa shape index (κ3) is 4.65. The minimum atomic E-state index is -0.507. The summed E-state index contributed by atoms with van der Waals surface area (Å²) in [6, 6.07) is 6.18. The van der Waals surface area contributed by atoms with Crippen molar-refractivity contribution in [2.75, 3.05) is 16.9 Å². The summed E-state index contributed by atoms with van der Waals surface area (Å²) in [6.45, 7) is 1.72. The molecule has 0 radical (unpaired) electrons. The zero-order chi connectivity index (χ0) is 20.1. The van der Waals surface area contributed by atoms with Crippen LogP contribution in [0.1, 0.15) is 23.5 Å². The lowest BCUT2D eigenvalue weighted by Crippen LogP contribution is -2.24. The molecule has 0 aliphatic carbocycles. The Morgan fingerprint density at radius 3 is 2.46 bits per heavy atom. The summed E-state index contributed by atoms with van der Waals surface area (Å²) in [4.78, 5) is 36.6. The Morgan fingerprint density at radius 2 is 1.86 bits per heavy atom. The molecule has 0 unspecified atom stereocenters. The predicted molar refractivity (Wildman–Crippen MR) is 107 cm³/mol. The molecule has 1 aromatic carbocycles. The van der Waals surface area contributed by atoms with Crippen LogP contribution in [0.25, 0.3) is 0 Å². The van der Waals surface area contributed by atoms with Crippen LogP contribution in [0.5, 0.6) is 0 Å². The molecule has 11 heteroatoms. The van der Waals surface area contributed by atoms with Gasteiger partial charge in [0.1, 0.15) is 18.7 Å². The molecule has 3 rings (SSSR count). The van der Waals surface area contributed by atoms with E-state index in [0.29, 0.717) is 16.5 Å². The van der Waals surface area contributed by atoms with Crippen LogP contribution < -0.4 is 10.6 Å². The van der Waals surface area contributed by atoms with Crippen molar-refractivity contribution in [1.82, 2.24) is 24.7 Å². The van der Waals surface area contributed by atoms with Gasteiger partial charge in [0, 0.05) is 11.4 Å². The summed E-state index contributed by atoms with van der Waals surface area (Å²) in [6.07, 6.45) is 6.04. The predicted octanol–water partition coefficient (Wildman–Crippen LogP) is 2.90. The molecule has 9 nitrogen and oxygen atoms in total. The first-order chi connectivity index (χ1) is 13.5. The Balaban J connectivity index is 1.64. The maximum Gasteiger partial charge on any atom is 0.275 e. The van der Waals surface area contributed by atoms with Crippen LogP contribution in [0.2, 0.25) is 5.02 Å². The molecule has 2 heterocycles. The highest BCUT2D eigenvalue weighted by atomic mass is 35.5. The summed E-state index contributed by atoms with van der Waals surface area (Å²) in [5, 5.41) is 10.1. The van der Waals surface area contributed by atoms with E-state index in [0.717, 1.165) is 0 Å². The van der Waals surface area contributed by atoms with Crippen molar-refractivity contribution in [3.63, 3.8) is 0 Å². The summed E-state index contributed by atoms with van der Waals surface area (Å²) in [5.41, 5.74) is 1.22.